The van der Waals surface area contributed by atoms with Crippen molar-refractivity contribution in [2.75, 3.05) is 43.0 Å². The number of primary amides is 1. The van der Waals surface area contributed by atoms with Crippen molar-refractivity contribution in [1.29, 1.82) is 0 Å². The van der Waals surface area contributed by atoms with Gasteiger partial charge in [0.25, 0.3) is 11.6 Å². The van der Waals surface area contributed by atoms with Gasteiger partial charge in [0.05, 0.1) is 4.92 Å². The van der Waals surface area contributed by atoms with Gasteiger partial charge in [0, 0.05) is 56.1 Å². The summed E-state index contributed by atoms with van der Waals surface area (Å²) in [7, 11) is 1.48. The average molecular weight is 383 g/mol. The predicted molar refractivity (Wildman–Crippen MR) is 106 cm³/mol. The monoisotopic (exact) mass is 383 g/mol. The van der Waals surface area contributed by atoms with E-state index in [1.54, 1.807) is 24.3 Å². The standard InChI is InChI=1S/C19H21N5O4/c1-21-19(26)14-4-7-16(17(12-14)24(27)28)23-10-8-22(9-11-23)15-5-2-13(3-6-15)18(20)25/h2-7,12H,8-11H2,1H3,(H2,20,25)(H,21,26). The van der Waals surface area contributed by atoms with Crippen LogP contribution in [0.4, 0.5) is 17.1 Å². The van der Waals surface area contributed by atoms with E-state index >= 15 is 0 Å². The van der Waals surface area contributed by atoms with Crippen LogP contribution < -0.4 is 20.9 Å². The summed E-state index contributed by atoms with van der Waals surface area (Å²) in [5.74, 6) is -0.831. The van der Waals surface area contributed by atoms with Crippen molar-refractivity contribution in [3.8, 4) is 0 Å². The number of benzene rings is 2. The van der Waals surface area contributed by atoms with Crippen LogP contribution in [0.15, 0.2) is 42.5 Å². The lowest BCUT2D eigenvalue weighted by Crippen LogP contribution is -2.46. The minimum absolute atomic E-state index is 0.0830. The maximum atomic E-state index is 11.8. The third-order valence-corrected chi connectivity index (χ3v) is 4.80. The molecule has 9 nitrogen and oxygen atoms in total. The molecule has 1 fully saturated rings. The maximum Gasteiger partial charge on any atom is 0.293 e. The number of nitro benzene ring substituents is 1. The highest BCUT2D eigenvalue weighted by atomic mass is 16.6. The van der Waals surface area contributed by atoms with Gasteiger partial charge in [0.15, 0.2) is 0 Å². The molecule has 0 unspecified atom stereocenters. The summed E-state index contributed by atoms with van der Waals surface area (Å²) in [4.78, 5) is 38.1. The van der Waals surface area contributed by atoms with Gasteiger partial charge in [-0.3, -0.25) is 19.7 Å². The van der Waals surface area contributed by atoms with Gasteiger partial charge < -0.3 is 20.9 Å². The maximum absolute atomic E-state index is 11.8. The number of hydrogen-bond acceptors (Lipinski definition) is 6. The van der Waals surface area contributed by atoms with Crippen molar-refractivity contribution in [3.63, 3.8) is 0 Å². The summed E-state index contributed by atoms with van der Waals surface area (Å²) in [5.41, 5.74) is 7.36. The van der Waals surface area contributed by atoms with E-state index in [1.165, 1.54) is 13.1 Å². The van der Waals surface area contributed by atoms with Crippen LogP contribution in [0.2, 0.25) is 0 Å². The molecule has 9 heteroatoms. The van der Waals surface area contributed by atoms with Crippen molar-refractivity contribution in [2.24, 2.45) is 5.73 Å². The Bertz CT molecular complexity index is 905. The van der Waals surface area contributed by atoms with Crippen LogP contribution in [0.25, 0.3) is 0 Å². The third kappa shape index (κ3) is 3.88. The fraction of sp³-hybridized carbons (Fsp3) is 0.263. The molecule has 2 amide bonds. The Morgan fingerprint density at radius 2 is 1.57 bits per heavy atom. The molecule has 0 bridgehead atoms. The summed E-state index contributed by atoms with van der Waals surface area (Å²) in [6, 6.07) is 11.6. The summed E-state index contributed by atoms with van der Waals surface area (Å²) < 4.78 is 0. The Kier molecular flexibility index (Phi) is 5.44. The molecule has 146 valence electrons. The lowest BCUT2D eigenvalue weighted by molar-refractivity contribution is -0.384. The molecular weight excluding hydrogens is 362 g/mol. The minimum Gasteiger partial charge on any atom is -0.368 e. The number of rotatable bonds is 5. The van der Waals surface area contributed by atoms with Crippen molar-refractivity contribution in [2.45, 2.75) is 0 Å². The zero-order valence-corrected chi connectivity index (χ0v) is 15.4. The number of carbonyl (C=O) groups excluding carboxylic acids is 2. The summed E-state index contributed by atoms with van der Waals surface area (Å²) in [6.07, 6.45) is 0. The van der Waals surface area contributed by atoms with Crippen molar-refractivity contribution >= 4 is 28.9 Å². The van der Waals surface area contributed by atoms with Crippen LogP contribution in [-0.2, 0) is 0 Å². The molecule has 2 aromatic rings. The van der Waals surface area contributed by atoms with Crippen molar-refractivity contribution < 1.29 is 14.5 Å². The first kappa shape index (κ1) is 19.2. The third-order valence-electron chi connectivity index (χ3n) is 4.80. The summed E-state index contributed by atoms with van der Waals surface area (Å²) in [6.45, 7) is 2.53. The van der Waals surface area contributed by atoms with Gasteiger partial charge in [-0.15, -0.1) is 0 Å². The normalized spacial score (nSPS) is 13.9. The number of nitrogens with zero attached hydrogens (tertiary/aromatic N) is 3. The first-order chi connectivity index (χ1) is 13.4. The van der Waals surface area contributed by atoms with E-state index in [-0.39, 0.29) is 17.2 Å². The van der Waals surface area contributed by atoms with E-state index < -0.39 is 10.8 Å². The molecule has 0 aromatic heterocycles. The van der Waals surface area contributed by atoms with E-state index in [4.69, 9.17) is 5.73 Å². The highest BCUT2D eigenvalue weighted by Crippen LogP contribution is 2.30. The predicted octanol–water partition coefficient (Wildman–Crippen LogP) is 1.38. The second kappa shape index (κ2) is 7.95. The van der Waals surface area contributed by atoms with Gasteiger partial charge in [0.2, 0.25) is 5.91 Å². The van der Waals surface area contributed by atoms with Crippen molar-refractivity contribution in [1.82, 2.24) is 5.32 Å². The molecule has 2 aromatic carbocycles. The quantitative estimate of drug-likeness (QED) is 0.594. The molecule has 0 aliphatic carbocycles. The average Bonchev–Trinajstić information content (AvgIpc) is 2.73. The lowest BCUT2D eigenvalue weighted by Gasteiger charge is -2.37. The topological polar surface area (TPSA) is 122 Å². The fourth-order valence-electron chi connectivity index (χ4n) is 3.26. The number of nitro groups is 1. The number of anilines is 2. The van der Waals surface area contributed by atoms with Crippen LogP contribution in [-0.4, -0.2) is 50.0 Å². The molecule has 1 saturated heterocycles. The van der Waals surface area contributed by atoms with Crippen molar-refractivity contribution in [3.05, 3.63) is 63.7 Å². The van der Waals surface area contributed by atoms with Crippen LogP contribution in [0.1, 0.15) is 20.7 Å². The number of piperazine rings is 1. The number of amides is 2. The number of hydrogen-bond donors (Lipinski definition) is 2. The molecule has 0 saturated carbocycles. The Morgan fingerprint density at radius 1 is 1.00 bits per heavy atom. The van der Waals surface area contributed by atoms with Crippen LogP contribution >= 0.6 is 0 Å². The molecule has 28 heavy (non-hydrogen) atoms. The molecule has 3 N–H and O–H groups in total. The highest BCUT2D eigenvalue weighted by Gasteiger charge is 2.25. The number of nitrogens with two attached hydrogens (primary N) is 1. The smallest absolute Gasteiger partial charge is 0.293 e. The number of carbonyl (C=O) groups is 2. The summed E-state index contributed by atoms with van der Waals surface area (Å²) in [5, 5.41) is 14.0. The molecule has 1 aliphatic rings. The van der Waals surface area contributed by atoms with Crippen LogP contribution in [0, 0.1) is 10.1 Å². The van der Waals surface area contributed by atoms with Gasteiger partial charge in [-0.25, -0.2) is 0 Å². The fourth-order valence-corrected chi connectivity index (χ4v) is 3.26. The van der Waals surface area contributed by atoms with Crippen LogP contribution in [0.5, 0.6) is 0 Å². The highest BCUT2D eigenvalue weighted by molar-refractivity contribution is 5.95. The number of nitrogens with one attached hydrogen (secondary N) is 1. The minimum atomic E-state index is -0.469. The van der Waals surface area contributed by atoms with E-state index in [0.29, 0.717) is 37.4 Å². The Hall–Kier alpha value is -3.62. The van der Waals surface area contributed by atoms with E-state index in [1.807, 2.05) is 17.0 Å². The van der Waals surface area contributed by atoms with Gasteiger partial charge in [-0.1, -0.05) is 0 Å². The Labute approximate surface area is 161 Å². The van der Waals surface area contributed by atoms with Gasteiger partial charge in [-0.05, 0) is 36.4 Å². The van der Waals surface area contributed by atoms with E-state index in [9.17, 15) is 19.7 Å². The van der Waals surface area contributed by atoms with Gasteiger partial charge in [-0.2, -0.15) is 0 Å². The van der Waals surface area contributed by atoms with Gasteiger partial charge >= 0.3 is 0 Å². The SMILES string of the molecule is CNC(=O)c1ccc(N2CCN(c3ccc(C(N)=O)cc3)CC2)c([N+](=O)[O-])c1. The molecule has 1 heterocycles. The Balaban J connectivity index is 1.74. The largest absolute Gasteiger partial charge is 0.368 e. The summed E-state index contributed by atoms with van der Waals surface area (Å²) >= 11 is 0. The molecular formula is C19H21N5O4. The molecule has 3 rings (SSSR count). The van der Waals surface area contributed by atoms with E-state index in [0.717, 1.165) is 5.69 Å². The second-order valence-corrected chi connectivity index (χ2v) is 6.42. The molecule has 0 radical (unpaired) electrons. The Morgan fingerprint density at radius 3 is 2.11 bits per heavy atom. The second-order valence-electron chi connectivity index (χ2n) is 6.42. The first-order valence-electron chi connectivity index (χ1n) is 8.81. The molecule has 0 spiro atoms. The van der Waals surface area contributed by atoms with E-state index in [2.05, 4.69) is 10.2 Å². The van der Waals surface area contributed by atoms with Gasteiger partial charge in [0.1, 0.15) is 5.69 Å². The molecule has 1 aliphatic heterocycles. The van der Waals surface area contributed by atoms with Crippen LogP contribution in [0.3, 0.4) is 0 Å². The lowest BCUT2D eigenvalue weighted by atomic mass is 10.1. The molecule has 0 atom stereocenters. The first-order valence-corrected chi connectivity index (χ1v) is 8.81. The zero-order valence-electron chi connectivity index (χ0n) is 15.4. The zero-order chi connectivity index (χ0) is 20.3.